The van der Waals surface area contributed by atoms with Gasteiger partial charge in [-0.15, -0.1) is 0 Å². The van der Waals surface area contributed by atoms with E-state index in [2.05, 4.69) is 15.6 Å². The highest BCUT2D eigenvalue weighted by molar-refractivity contribution is 6.07. The zero-order valence-electron chi connectivity index (χ0n) is 21.7. The van der Waals surface area contributed by atoms with Crippen LogP contribution in [0.3, 0.4) is 0 Å². The van der Waals surface area contributed by atoms with Crippen molar-refractivity contribution in [3.63, 3.8) is 0 Å². The minimum absolute atomic E-state index is 0.0115. The summed E-state index contributed by atoms with van der Waals surface area (Å²) in [7, 11) is 0. The number of pyridine rings is 1. The van der Waals surface area contributed by atoms with Crippen molar-refractivity contribution in [1.82, 2.24) is 10.3 Å². The number of piperazine rings is 1. The third kappa shape index (κ3) is 5.73. The van der Waals surface area contributed by atoms with Gasteiger partial charge in [-0.2, -0.15) is 0 Å². The zero-order chi connectivity index (χ0) is 28.4. The number of carbonyl (C=O) groups is 1. The van der Waals surface area contributed by atoms with Gasteiger partial charge in [0.15, 0.2) is 5.82 Å². The van der Waals surface area contributed by atoms with Crippen molar-refractivity contribution >= 4 is 23.1 Å². The standard InChI is InChI=1S/C28H28F5N5O2/c1-16-15-38(7-6-34-16)22-13-21(30)24(17-2-5-23(35-14-17)37-8-10-40-11-9-37)25(31)26(22)36-28(39)19-4-3-18(29)12-20(19)27(32)33/h2-5,12-14,16,27,34H,6-11,15H2,1H3,(H,36,39)/t16-/m0/s1. The largest absolute Gasteiger partial charge is 0.378 e. The number of morpholine rings is 1. The summed E-state index contributed by atoms with van der Waals surface area (Å²) in [6, 6.07) is 6.64. The second-order valence-electron chi connectivity index (χ2n) is 9.73. The van der Waals surface area contributed by atoms with Crippen LogP contribution in [-0.2, 0) is 4.74 Å². The molecule has 212 valence electrons. The van der Waals surface area contributed by atoms with Crippen LogP contribution in [0.1, 0.15) is 29.3 Å². The van der Waals surface area contributed by atoms with E-state index < -0.39 is 46.5 Å². The average molecular weight is 562 g/mol. The molecule has 2 N–H and O–H groups in total. The van der Waals surface area contributed by atoms with Crippen LogP contribution >= 0.6 is 0 Å². The molecule has 2 saturated heterocycles. The molecule has 0 aliphatic carbocycles. The first kappa shape index (κ1) is 27.8. The van der Waals surface area contributed by atoms with Crippen molar-refractivity contribution in [3.8, 4) is 11.1 Å². The molecular formula is C28H28F5N5O2. The van der Waals surface area contributed by atoms with Crippen LogP contribution in [0, 0.1) is 17.5 Å². The van der Waals surface area contributed by atoms with Gasteiger partial charge in [-0.3, -0.25) is 4.79 Å². The van der Waals surface area contributed by atoms with E-state index in [1.165, 1.54) is 12.3 Å². The fourth-order valence-electron chi connectivity index (χ4n) is 5.01. The lowest BCUT2D eigenvalue weighted by molar-refractivity contribution is 0.101. The van der Waals surface area contributed by atoms with Crippen LogP contribution < -0.4 is 20.4 Å². The summed E-state index contributed by atoms with van der Waals surface area (Å²) in [6.45, 7) is 5.56. The van der Waals surface area contributed by atoms with E-state index in [4.69, 9.17) is 4.74 Å². The van der Waals surface area contributed by atoms with Crippen LogP contribution in [0.15, 0.2) is 42.6 Å². The number of hydrogen-bond acceptors (Lipinski definition) is 6. The average Bonchev–Trinajstić information content (AvgIpc) is 2.95. The molecule has 1 aromatic heterocycles. The molecule has 0 unspecified atom stereocenters. The number of nitrogens with zero attached hydrogens (tertiary/aromatic N) is 3. The first-order valence-corrected chi connectivity index (χ1v) is 12.9. The van der Waals surface area contributed by atoms with Gasteiger partial charge in [0.05, 0.1) is 24.5 Å². The van der Waals surface area contributed by atoms with Crippen molar-refractivity contribution < 1.29 is 31.5 Å². The van der Waals surface area contributed by atoms with Crippen LogP contribution in [0.25, 0.3) is 11.1 Å². The smallest absolute Gasteiger partial charge is 0.264 e. The number of ether oxygens (including phenoxy) is 1. The number of halogens is 5. The Kier molecular flexibility index (Phi) is 8.17. The molecule has 0 bridgehead atoms. The van der Waals surface area contributed by atoms with Crippen molar-refractivity contribution in [2.24, 2.45) is 0 Å². The van der Waals surface area contributed by atoms with Crippen molar-refractivity contribution in [2.75, 3.05) is 61.1 Å². The molecule has 5 rings (SSSR count). The van der Waals surface area contributed by atoms with Gasteiger partial charge in [0.2, 0.25) is 0 Å². The summed E-state index contributed by atoms with van der Waals surface area (Å²) in [5.41, 5.74) is -1.93. The second-order valence-corrected chi connectivity index (χ2v) is 9.73. The Morgan fingerprint density at radius 2 is 1.85 bits per heavy atom. The SMILES string of the molecule is C[C@H]1CN(c2cc(F)c(-c3ccc(N4CCOCC4)nc3)c(F)c2NC(=O)c2ccc(F)cc2C(F)F)CCN1. The Morgan fingerprint density at radius 1 is 1.07 bits per heavy atom. The lowest BCUT2D eigenvalue weighted by Gasteiger charge is -2.35. The number of benzene rings is 2. The Balaban J connectivity index is 1.56. The minimum Gasteiger partial charge on any atom is -0.378 e. The third-order valence-electron chi connectivity index (χ3n) is 7.01. The number of alkyl halides is 2. The van der Waals surface area contributed by atoms with E-state index in [1.807, 2.05) is 11.8 Å². The molecule has 3 aromatic rings. The molecule has 1 amide bonds. The van der Waals surface area contributed by atoms with E-state index >= 15 is 8.78 Å². The predicted octanol–water partition coefficient (Wildman–Crippen LogP) is 4.99. The molecule has 0 spiro atoms. The number of rotatable bonds is 6. The number of amides is 1. The summed E-state index contributed by atoms with van der Waals surface area (Å²) in [5, 5.41) is 5.62. The maximum absolute atomic E-state index is 16.2. The predicted molar refractivity (Wildman–Crippen MR) is 142 cm³/mol. The summed E-state index contributed by atoms with van der Waals surface area (Å²) in [5.74, 6) is -3.32. The molecule has 0 saturated carbocycles. The number of nitrogens with one attached hydrogen (secondary N) is 2. The normalized spacial score (nSPS) is 17.8. The van der Waals surface area contributed by atoms with Crippen molar-refractivity contribution in [2.45, 2.75) is 19.4 Å². The lowest BCUT2D eigenvalue weighted by atomic mass is 10.0. The van der Waals surface area contributed by atoms with E-state index in [1.54, 1.807) is 11.0 Å². The quantitative estimate of drug-likeness (QED) is 0.414. The van der Waals surface area contributed by atoms with E-state index in [0.717, 1.165) is 18.2 Å². The third-order valence-corrected chi connectivity index (χ3v) is 7.01. The Hall–Kier alpha value is -3.77. The molecule has 7 nitrogen and oxygen atoms in total. The summed E-state index contributed by atoms with van der Waals surface area (Å²) in [6.07, 6.45) is -1.80. The highest BCUT2D eigenvalue weighted by Crippen LogP contribution is 2.39. The van der Waals surface area contributed by atoms with Gasteiger partial charge < -0.3 is 25.2 Å². The Bertz CT molecular complexity index is 1380. The second kappa shape index (κ2) is 11.8. The Labute approximate surface area is 227 Å². The van der Waals surface area contributed by atoms with Gasteiger partial charge in [-0.05, 0) is 37.3 Å². The highest BCUT2D eigenvalue weighted by atomic mass is 19.3. The molecule has 2 fully saturated rings. The minimum atomic E-state index is -3.14. The molecule has 3 heterocycles. The number of carbonyl (C=O) groups excluding carboxylic acids is 1. The fourth-order valence-corrected chi connectivity index (χ4v) is 5.01. The van der Waals surface area contributed by atoms with Gasteiger partial charge in [-0.25, -0.2) is 26.9 Å². The van der Waals surface area contributed by atoms with Gasteiger partial charge in [0.25, 0.3) is 12.3 Å². The first-order valence-electron chi connectivity index (χ1n) is 12.9. The van der Waals surface area contributed by atoms with Crippen LogP contribution in [-0.4, -0.2) is 62.9 Å². The summed E-state index contributed by atoms with van der Waals surface area (Å²) >= 11 is 0. The highest BCUT2D eigenvalue weighted by Gasteiger charge is 2.28. The first-order chi connectivity index (χ1) is 19.2. The van der Waals surface area contributed by atoms with E-state index in [0.29, 0.717) is 57.8 Å². The summed E-state index contributed by atoms with van der Waals surface area (Å²) in [4.78, 5) is 21.2. The molecule has 0 radical (unpaired) electrons. The number of aromatic nitrogens is 1. The van der Waals surface area contributed by atoms with Gasteiger partial charge >= 0.3 is 0 Å². The van der Waals surface area contributed by atoms with Crippen LogP contribution in [0.5, 0.6) is 0 Å². The molecule has 2 aliphatic heterocycles. The van der Waals surface area contributed by atoms with Gasteiger partial charge in [0.1, 0.15) is 23.1 Å². The van der Waals surface area contributed by atoms with Crippen molar-refractivity contribution in [1.29, 1.82) is 0 Å². The summed E-state index contributed by atoms with van der Waals surface area (Å²) < 4.78 is 78.0. The number of hydrogen-bond donors (Lipinski definition) is 2. The molecular weight excluding hydrogens is 533 g/mol. The molecule has 1 atom stereocenters. The van der Waals surface area contributed by atoms with Crippen LogP contribution in [0.4, 0.5) is 39.1 Å². The topological polar surface area (TPSA) is 69.7 Å². The molecule has 2 aromatic carbocycles. The fraction of sp³-hybridized carbons (Fsp3) is 0.357. The lowest BCUT2D eigenvalue weighted by Crippen LogP contribution is -2.49. The van der Waals surface area contributed by atoms with Gasteiger partial charge in [0, 0.05) is 67.7 Å². The monoisotopic (exact) mass is 561 g/mol. The van der Waals surface area contributed by atoms with E-state index in [-0.39, 0.29) is 23.0 Å². The maximum Gasteiger partial charge on any atom is 0.264 e. The van der Waals surface area contributed by atoms with Gasteiger partial charge in [-0.1, -0.05) is 0 Å². The zero-order valence-corrected chi connectivity index (χ0v) is 21.7. The number of anilines is 3. The van der Waals surface area contributed by atoms with Crippen LogP contribution in [0.2, 0.25) is 0 Å². The van der Waals surface area contributed by atoms with E-state index in [9.17, 15) is 18.0 Å². The van der Waals surface area contributed by atoms with Crippen molar-refractivity contribution in [3.05, 3.63) is 71.2 Å². The Morgan fingerprint density at radius 3 is 2.52 bits per heavy atom. The molecule has 2 aliphatic rings. The molecule has 40 heavy (non-hydrogen) atoms. The molecule has 12 heteroatoms. The maximum atomic E-state index is 16.2.